The molecule has 6 aromatic rings. The molecule has 0 saturated heterocycles. The highest BCUT2D eigenvalue weighted by molar-refractivity contribution is 7.93. The van der Waals surface area contributed by atoms with E-state index < -0.39 is 31.2 Å². The summed E-state index contributed by atoms with van der Waals surface area (Å²) in [5.41, 5.74) is 0.462. The Hall–Kier alpha value is -5.34. The number of benzene rings is 4. The largest absolute Gasteiger partial charge is 0.296 e. The van der Waals surface area contributed by atoms with E-state index in [1.165, 1.54) is 45.8 Å². The molecule has 46 heavy (non-hydrogen) atoms. The van der Waals surface area contributed by atoms with Crippen molar-refractivity contribution in [2.45, 2.75) is 23.6 Å². The Balaban J connectivity index is 1.41. The van der Waals surface area contributed by atoms with E-state index in [2.05, 4.69) is 9.44 Å². The van der Waals surface area contributed by atoms with E-state index in [9.17, 15) is 26.4 Å². The number of anilines is 2. The van der Waals surface area contributed by atoms with Crippen LogP contribution >= 0.6 is 0 Å². The van der Waals surface area contributed by atoms with Crippen LogP contribution in [0.5, 0.6) is 0 Å². The Morgan fingerprint density at radius 3 is 1.20 bits per heavy atom. The first-order chi connectivity index (χ1) is 21.8. The first-order valence-electron chi connectivity index (χ1n) is 14.1. The molecule has 0 amide bonds. The highest BCUT2D eigenvalue weighted by Gasteiger charge is 2.27. The summed E-state index contributed by atoms with van der Waals surface area (Å²) < 4.78 is 65.9. The zero-order valence-corrected chi connectivity index (χ0v) is 26.9. The van der Waals surface area contributed by atoms with Crippen molar-refractivity contribution in [3.05, 3.63) is 129 Å². The number of nitrogens with zero attached hydrogens (tertiary/aromatic N) is 4. The quantitative estimate of drug-likeness (QED) is 0.253. The van der Waals surface area contributed by atoms with Crippen LogP contribution in [-0.2, 0) is 34.1 Å². The van der Waals surface area contributed by atoms with Crippen LogP contribution in [0.1, 0.15) is 11.4 Å². The first kappa shape index (κ1) is 30.7. The third-order valence-electron chi connectivity index (χ3n) is 8.00. The summed E-state index contributed by atoms with van der Waals surface area (Å²) in [6, 6.07) is 26.1. The maximum atomic E-state index is 13.8. The lowest BCUT2D eigenvalue weighted by molar-refractivity contribution is 0.599. The number of rotatable bonds is 8. The molecule has 0 aliphatic carbocycles. The van der Waals surface area contributed by atoms with Crippen LogP contribution in [0.3, 0.4) is 0 Å². The van der Waals surface area contributed by atoms with Crippen LogP contribution < -0.4 is 20.6 Å². The molecule has 14 heteroatoms. The Bertz CT molecular complexity index is 2300. The van der Waals surface area contributed by atoms with Crippen LogP contribution in [0.25, 0.3) is 22.1 Å². The average molecular weight is 659 g/mol. The Morgan fingerprint density at radius 1 is 0.500 bits per heavy atom. The Morgan fingerprint density at radius 2 is 0.848 bits per heavy atom. The minimum atomic E-state index is -4.39. The smallest absolute Gasteiger partial charge is 0.283 e. The van der Waals surface area contributed by atoms with Crippen molar-refractivity contribution in [1.82, 2.24) is 18.7 Å². The number of hydrogen-bond acceptors (Lipinski definition) is 6. The van der Waals surface area contributed by atoms with Crippen molar-refractivity contribution < 1.29 is 16.8 Å². The number of nitrogens with one attached hydrogen (secondary N) is 2. The van der Waals surface area contributed by atoms with Gasteiger partial charge >= 0.3 is 0 Å². The second-order valence-electron chi connectivity index (χ2n) is 10.7. The number of para-hydroxylation sites is 2. The number of fused-ring (bicyclic) bond motifs is 1. The molecule has 0 aliphatic rings. The fraction of sp³-hybridized carbons (Fsp3) is 0.125. The summed E-state index contributed by atoms with van der Waals surface area (Å²) in [6.45, 7) is 3.24. The SMILES string of the molecule is Cc1c(NS(=O)(=O)c2cccc3c(S(=O)(=O)Nc4c(C)n(C)n(-c5ccccc5)c4=O)cccc23)c(=O)n(-c2ccccc2)n1C. The van der Waals surface area contributed by atoms with Gasteiger partial charge in [-0.25, -0.2) is 26.2 Å². The van der Waals surface area contributed by atoms with Gasteiger partial charge in [-0.2, -0.15) is 0 Å². The van der Waals surface area contributed by atoms with Crippen molar-refractivity contribution in [2.75, 3.05) is 9.44 Å². The van der Waals surface area contributed by atoms with Gasteiger partial charge in [0, 0.05) is 24.9 Å². The van der Waals surface area contributed by atoms with E-state index >= 15 is 0 Å². The van der Waals surface area contributed by atoms with E-state index in [1.54, 1.807) is 98.0 Å². The molecule has 0 atom stereocenters. The van der Waals surface area contributed by atoms with E-state index in [0.29, 0.717) is 22.8 Å². The van der Waals surface area contributed by atoms with Gasteiger partial charge in [-0.05, 0) is 50.2 Å². The summed E-state index contributed by atoms with van der Waals surface area (Å²) in [7, 11) is -5.48. The standard InChI is InChI=1S/C32H30N6O6S2/c1-21-29(31(39)37(35(21)3)23-13-7-5-8-14-23)33-45(41,42)27-19-11-18-26-25(27)17-12-20-28(26)46(43,44)34-30-22(2)36(4)38(32(30)40)24-15-9-6-10-16-24/h5-20,33-34H,1-4H3. The fourth-order valence-corrected chi connectivity index (χ4v) is 8.15. The van der Waals surface area contributed by atoms with Gasteiger partial charge in [0.1, 0.15) is 11.4 Å². The van der Waals surface area contributed by atoms with Crippen LogP contribution in [0.2, 0.25) is 0 Å². The van der Waals surface area contributed by atoms with Gasteiger partial charge in [-0.3, -0.25) is 28.4 Å². The predicted octanol–water partition coefficient (Wildman–Crippen LogP) is 4.04. The molecule has 236 valence electrons. The minimum Gasteiger partial charge on any atom is -0.283 e. The molecule has 4 aromatic carbocycles. The molecule has 2 heterocycles. The van der Waals surface area contributed by atoms with Crippen molar-refractivity contribution in [1.29, 1.82) is 0 Å². The maximum absolute atomic E-state index is 13.8. The molecule has 2 aromatic heterocycles. The normalized spacial score (nSPS) is 12.0. The average Bonchev–Trinajstić information content (AvgIpc) is 3.38. The maximum Gasteiger partial charge on any atom is 0.296 e. The van der Waals surface area contributed by atoms with Gasteiger partial charge in [0.15, 0.2) is 0 Å². The van der Waals surface area contributed by atoms with Gasteiger partial charge in [0.2, 0.25) is 0 Å². The predicted molar refractivity (Wildman–Crippen MR) is 177 cm³/mol. The summed E-state index contributed by atoms with van der Waals surface area (Å²) in [4.78, 5) is 26.4. The van der Waals surface area contributed by atoms with Crippen molar-refractivity contribution in [3.8, 4) is 11.4 Å². The summed E-state index contributed by atoms with van der Waals surface area (Å²) in [5.74, 6) is 0. The third-order valence-corrected chi connectivity index (χ3v) is 10.8. The minimum absolute atomic E-state index is 0.112. The Labute approximate surface area is 264 Å². The van der Waals surface area contributed by atoms with E-state index in [-0.39, 0.29) is 31.9 Å². The zero-order chi connectivity index (χ0) is 33.0. The van der Waals surface area contributed by atoms with Gasteiger partial charge < -0.3 is 0 Å². The second kappa shape index (κ2) is 11.2. The van der Waals surface area contributed by atoms with Crippen molar-refractivity contribution >= 4 is 42.2 Å². The molecule has 0 unspecified atom stereocenters. The molecule has 0 bridgehead atoms. The summed E-state index contributed by atoms with van der Waals surface area (Å²) >= 11 is 0. The third kappa shape index (κ3) is 5.01. The molecule has 12 nitrogen and oxygen atoms in total. The second-order valence-corrected chi connectivity index (χ2v) is 14.0. The number of sulfonamides is 2. The van der Waals surface area contributed by atoms with Crippen LogP contribution in [0.4, 0.5) is 11.4 Å². The van der Waals surface area contributed by atoms with Crippen LogP contribution in [0.15, 0.2) is 116 Å². The molecule has 0 fully saturated rings. The monoisotopic (exact) mass is 658 g/mol. The van der Waals surface area contributed by atoms with E-state index in [4.69, 9.17) is 0 Å². The first-order valence-corrected chi connectivity index (χ1v) is 17.1. The molecule has 0 saturated carbocycles. The fourth-order valence-electron chi connectivity index (χ4n) is 5.47. The van der Waals surface area contributed by atoms with Gasteiger partial charge in [-0.15, -0.1) is 0 Å². The molecule has 0 spiro atoms. The van der Waals surface area contributed by atoms with Crippen molar-refractivity contribution in [3.63, 3.8) is 0 Å². The molecular formula is C32H30N6O6S2. The number of aromatic nitrogens is 4. The van der Waals surface area contributed by atoms with Gasteiger partial charge in [-0.1, -0.05) is 60.7 Å². The van der Waals surface area contributed by atoms with Crippen LogP contribution in [-0.4, -0.2) is 35.6 Å². The highest BCUT2D eigenvalue weighted by Crippen LogP contribution is 2.31. The molecular weight excluding hydrogens is 629 g/mol. The summed E-state index contributed by atoms with van der Waals surface area (Å²) in [6.07, 6.45) is 0. The topological polar surface area (TPSA) is 146 Å². The van der Waals surface area contributed by atoms with E-state index in [0.717, 1.165) is 0 Å². The molecule has 0 radical (unpaired) electrons. The lowest BCUT2D eigenvalue weighted by Crippen LogP contribution is -2.23. The van der Waals surface area contributed by atoms with E-state index in [1.807, 2.05) is 0 Å². The molecule has 2 N–H and O–H groups in total. The summed E-state index contributed by atoms with van der Waals surface area (Å²) in [5, 5.41) is 0.225. The zero-order valence-electron chi connectivity index (χ0n) is 25.3. The lowest BCUT2D eigenvalue weighted by atomic mass is 10.1. The number of hydrogen-bond donors (Lipinski definition) is 2. The van der Waals surface area contributed by atoms with Crippen molar-refractivity contribution in [2.24, 2.45) is 14.1 Å². The van der Waals surface area contributed by atoms with Crippen LogP contribution in [0, 0.1) is 13.8 Å². The lowest BCUT2D eigenvalue weighted by Gasteiger charge is -2.13. The van der Waals surface area contributed by atoms with Gasteiger partial charge in [0.05, 0.1) is 32.6 Å². The molecule has 6 rings (SSSR count). The molecule has 0 aliphatic heterocycles. The van der Waals surface area contributed by atoms with Gasteiger partial charge in [0.25, 0.3) is 31.2 Å². The highest BCUT2D eigenvalue weighted by atomic mass is 32.2. The Kier molecular flexibility index (Phi) is 7.49.